The van der Waals surface area contributed by atoms with Crippen molar-refractivity contribution in [3.05, 3.63) is 67.5 Å². The molecular weight excluding hydrogens is 447 g/mol. The maximum Gasteiger partial charge on any atom is 0.270 e. The van der Waals surface area contributed by atoms with E-state index in [9.17, 15) is 14.9 Å². The Labute approximate surface area is 165 Å². The number of benzene rings is 1. The lowest BCUT2D eigenvalue weighted by atomic mass is 10.0. The second kappa shape index (κ2) is 8.54. The van der Waals surface area contributed by atoms with Crippen LogP contribution in [0.2, 0.25) is 0 Å². The van der Waals surface area contributed by atoms with Crippen LogP contribution in [0, 0.1) is 13.7 Å². The largest absolute Gasteiger partial charge is 0.349 e. The molecular formula is C18H19IN4O3. The van der Waals surface area contributed by atoms with Gasteiger partial charge in [0.2, 0.25) is 0 Å². The van der Waals surface area contributed by atoms with Gasteiger partial charge in [-0.3, -0.25) is 24.8 Å². The highest BCUT2D eigenvalue weighted by Crippen LogP contribution is 2.20. The summed E-state index contributed by atoms with van der Waals surface area (Å²) in [5.74, 6) is -0.249. The Morgan fingerprint density at radius 2 is 2.08 bits per heavy atom. The third kappa shape index (κ3) is 4.76. The molecule has 1 aromatic carbocycles. The Balaban J connectivity index is 1.55. The van der Waals surface area contributed by atoms with E-state index in [2.05, 4.69) is 15.2 Å². The van der Waals surface area contributed by atoms with E-state index in [0.717, 1.165) is 38.2 Å². The molecule has 0 radical (unpaired) electrons. The molecule has 26 heavy (non-hydrogen) atoms. The van der Waals surface area contributed by atoms with Crippen LogP contribution in [0.25, 0.3) is 0 Å². The van der Waals surface area contributed by atoms with E-state index in [0.29, 0.717) is 9.13 Å². The molecule has 1 amide bonds. The van der Waals surface area contributed by atoms with Crippen molar-refractivity contribution in [2.75, 3.05) is 13.1 Å². The van der Waals surface area contributed by atoms with Gasteiger partial charge in [0.15, 0.2) is 0 Å². The standard InChI is InChI=1S/C18H19IN4O3/c19-17-5-4-15(23(25)26)11-16(17)18(24)21-13-6-9-22(10-7-13)12-14-3-1-2-8-20-14/h1-5,8,11,13H,6-7,9-10,12H2,(H,21,24). The van der Waals surface area contributed by atoms with Crippen LogP contribution < -0.4 is 5.32 Å². The van der Waals surface area contributed by atoms with Gasteiger partial charge < -0.3 is 5.32 Å². The lowest BCUT2D eigenvalue weighted by Crippen LogP contribution is -2.44. The molecule has 0 atom stereocenters. The molecule has 7 nitrogen and oxygen atoms in total. The first-order chi connectivity index (χ1) is 12.5. The third-order valence-electron chi connectivity index (χ3n) is 4.44. The number of piperidine rings is 1. The normalized spacial score (nSPS) is 15.6. The summed E-state index contributed by atoms with van der Waals surface area (Å²) in [5.41, 5.74) is 1.33. The van der Waals surface area contributed by atoms with Gasteiger partial charge in [-0.15, -0.1) is 0 Å². The maximum absolute atomic E-state index is 12.5. The van der Waals surface area contributed by atoms with Gasteiger partial charge in [-0.1, -0.05) is 6.07 Å². The number of carbonyl (C=O) groups excluding carboxylic acids is 1. The predicted molar refractivity (Wildman–Crippen MR) is 106 cm³/mol. The van der Waals surface area contributed by atoms with Gasteiger partial charge in [0.05, 0.1) is 16.2 Å². The highest BCUT2D eigenvalue weighted by Gasteiger charge is 2.23. The van der Waals surface area contributed by atoms with E-state index in [4.69, 9.17) is 0 Å². The van der Waals surface area contributed by atoms with Crippen LogP contribution in [0.1, 0.15) is 28.9 Å². The van der Waals surface area contributed by atoms with Gasteiger partial charge in [0.25, 0.3) is 11.6 Å². The van der Waals surface area contributed by atoms with Gasteiger partial charge in [-0.25, -0.2) is 0 Å². The first kappa shape index (κ1) is 18.7. The van der Waals surface area contributed by atoms with Gasteiger partial charge in [0.1, 0.15) is 0 Å². The number of non-ortho nitro benzene ring substituents is 1. The molecule has 0 spiro atoms. The number of nitrogens with one attached hydrogen (secondary N) is 1. The van der Waals surface area contributed by atoms with Crippen LogP contribution in [0.4, 0.5) is 5.69 Å². The maximum atomic E-state index is 12.5. The predicted octanol–water partition coefficient (Wildman–Crippen LogP) is 2.99. The molecule has 2 heterocycles. The Morgan fingerprint density at radius 1 is 1.31 bits per heavy atom. The Kier molecular flexibility index (Phi) is 6.15. The molecule has 3 rings (SSSR count). The minimum absolute atomic E-state index is 0.0688. The molecule has 1 aliphatic heterocycles. The second-order valence-electron chi connectivity index (χ2n) is 6.27. The highest BCUT2D eigenvalue weighted by molar-refractivity contribution is 14.1. The molecule has 8 heteroatoms. The van der Waals surface area contributed by atoms with E-state index in [1.54, 1.807) is 12.3 Å². The number of pyridine rings is 1. The first-order valence-corrected chi connectivity index (χ1v) is 9.48. The van der Waals surface area contributed by atoms with Crippen LogP contribution in [-0.4, -0.2) is 39.8 Å². The molecule has 0 saturated carbocycles. The van der Waals surface area contributed by atoms with Gasteiger partial charge in [-0.05, 0) is 53.6 Å². The number of nitrogens with zero attached hydrogens (tertiary/aromatic N) is 3. The topological polar surface area (TPSA) is 88.4 Å². The van der Waals surface area contributed by atoms with Gasteiger partial charge in [0, 0.05) is 47.6 Å². The zero-order valence-corrected chi connectivity index (χ0v) is 16.3. The van der Waals surface area contributed by atoms with Crippen molar-refractivity contribution in [2.24, 2.45) is 0 Å². The summed E-state index contributed by atoms with van der Waals surface area (Å²) in [4.78, 5) is 29.6. The van der Waals surface area contributed by atoms with Crippen molar-refractivity contribution < 1.29 is 9.72 Å². The van der Waals surface area contributed by atoms with Crippen molar-refractivity contribution in [2.45, 2.75) is 25.4 Å². The first-order valence-electron chi connectivity index (χ1n) is 8.40. The van der Waals surface area contributed by atoms with Crippen molar-refractivity contribution in [3.63, 3.8) is 0 Å². The van der Waals surface area contributed by atoms with Crippen LogP contribution in [0.3, 0.4) is 0 Å². The van der Waals surface area contributed by atoms with Crippen LogP contribution in [0.15, 0.2) is 42.6 Å². The number of amides is 1. The van der Waals surface area contributed by atoms with Crippen molar-refractivity contribution in [1.82, 2.24) is 15.2 Å². The fourth-order valence-electron chi connectivity index (χ4n) is 3.02. The fourth-order valence-corrected chi connectivity index (χ4v) is 3.60. The minimum atomic E-state index is -0.483. The molecule has 0 unspecified atom stereocenters. The van der Waals surface area contributed by atoms with E-state index in [-0.39, 0.29) is 17.6 Å². The molecule has 1 aliphatic rings. The van der Waals surface area contributed by atoms with Crippen LogP contribution in [-0.2, 0) is 6.54 Å². The van der Waals surface area contributed by atoms with Crippen molar-refractivity contribution >= 4 is 34.2 Å². The number of hydrogen-bond donors (Lipinski definition) is 1. The Hall–Kier alpha value is -2.07. The molecule has 0 bridgehead atoms. The molecule has 0 aliphatic carbocycles. The average molecular weight is 466 g/mol. The minimum Gasteiger partial charge on any atom is -0.349 e. The quantitative estimate of drug-likeness (QED) is 0.416. The molecule has 1 saturated heterocycles. The lowest BCUT2D eigenvalue weighted by molar-refractivity contribution is -0.384. The number of likely N-dealkylation sites (tertiary alicyclic amines) is 1. The summed E-state index contributed by atoms with van der Waals surface area (Å²) in [6, 6.07) is 10.3. The molecule has 136 valence electrons. The summed E-state index contributed by atoms with van der Waals surface area (Å²) in [6.45, 7) is 2.57. The number of hydrogen-bond acceptors (Lipinski definition) is 5. The SMILES string of the molecule is O=C(NC1CCN(Cc2ccccn2)CC1)c1cc([N+](=O)[O-])ccc1I. The smallest absolute Gasteiger partial charge is 0.270 e. The zero-order chi connectivity index (χ0) is 18.5. The average Bonchev–Trinajstić information content (AvgIpc) is 2.64. The molecule has 1 aromatic heterocycles. The van der Waals surface area contributed by atoms with Crippen molar-refractivity contribution in [1.29, 1.82) is 0 Å². The Morgan fingerprint density at radius 3 is 2.73 bits per heavy atom. The number of carbonyl (C=O) groups is 1. The molecule has 1 N–H and O–H groups in total. The third-order valence-corrected chi connectivity index (χ3v) is 5.38. The molecule has 2 aromatic rings. The van der Waals surface area contributed by atoms with E-state index < -0.39 is 4.92 Å². The second-order valence-corrected chi connectivity index (χ2v) is 7.43. The zero-order valence-electron chi connectivity index (χ0n) is 14.1. The number of nitro groups is 1. The summed E-state index contributed by atoms with van der Waals surface area (Å²) >= 11 is 2.03. The van der Waals surface area contributed by atoms with E-state index in [1.165, 1.54) is 12.1 Å². The monoisotopic (exact) mass is 466 g/mol. The number of rotatable bonds is 5. The summed E-state index contributed by atoms with van der Waals surface area (Å²) < 4.78 is 0.707. The number of aromatic nitrogens is 1. The summed E-state index contributed by atoms with van der Waals surface area (Å²) in [6.07, 6.45) is 3.50. The number of halogens is 1. The highest BCUT2D eigenvalue weighted by atomic mass is 127. The molecule has 1 fully saturated rings. The van der Waals surface area contributed by atoms with E-state index >= 15 is 0 Å². The van der Waals surface area contributed by atoms with Crippen molar-refractivity contribution in [3.8, 4) is 0 Å². The van der Waals surface area contributed by atoms with Gasteiger partial charge >= 0.3 is 0 Å². The van der Waals surface area contributed by atoms with Crippen LogP contribution in [0.5, 0.6) is 0 Å². The van der Waals surface area contributed by atoms with E-state index in [1.807, 2.05) is 40.8 Å². The number of nitro benzene ring substituents is 1. The van der Waals surface area contributed by atoms with Crippen LogP contribution >= 0.6 is 22.6 Å². The summed E-state index contributed by atoms with van der Waals surface area (Å²) in [7, 11) is 0. The summed E-state index contributed by atoms with van der Waals surface area (Å²) in [5, 5.41) is 13.9. The van der Waals surface area contributed by atoms with Gasteiger partial charge in [-0.2, -0.15) is 0 Å². The lowest BCUT2D eigenvalue weighted by Gasteiger charge is -2.32. The Bertz CT molecular complexity index is 792. The fraction of sp³-hybridized carbons (Fsp3) is 0.333.